The van der Waals surface area contributed by atoms with E-state index in [0.717, 1.165) is 20.1 Å². The zero-order valence-corrected chi connectivity index (χ0v) is 19.0. The molecule has 0 radical (unpaired) electrons. The molecule has 0 amide bonds. The number of anilines is 1. The number of methoxy groups -OCH3 is 1. The van der Waals surface area contributed by atoms with Crippen LogP contribution in [0.4, 0.5) is 33.3 Å². The van der Waals surface area contributed by atoms with E-state index >= 15 is 0 Å². The van der Waals surface area contributed by atoms with E-state index in [2.05, 4.69) is 27.2 Å². The molecule has 1 aliphatic rings. The third-order valence-corrected chi connectivity index (χ3v) is 6.34. The van der Waals surface area contributed by atoms with Gasteiger partial charge in [-0.2, -0.15) is 17.6 Å². The van der Waals surface area contributed by atoms with E-state index in [-0.39, 0.29) is 35.0 Å². The largest absolute Gasteiger partial charge is 0.493 e. The number of benzene rings is 1. The Bertz CT molecular complexity index is 1140. The van der Waals surface area contributed by atoms with Gasteiger partial charge in [0.25, 0.3) is 0 Å². The van der Waals surface area contributed by atoms with Gasteiger partial charge < -0.3 is 25.7 Å². The minimum atomic E-state index is -4.77. The highest BCUT2D eigenvalue weighted by Gasteiger charge is 2.64. The van der Waals surface area contributed by atoms with Crippen molar-refractivity contribution in [3.63, 3.8) is 0 Å². The second-order valence-electron chi connectivity index (χ2n) is 8.14. The molecule has 2 heterocycles. The number of nitrogens with two attached hydrogens (primary N) is 1. The Hall–Kier alpha value is -3.48. The Labute approximate surface area is 197 Å². The fourth-order valence-electron chi connectivity index (χ4n) is 4.34. The summed E-state index contributed by atoms with van der Waals surface area (Å²) in [7, 11) is 1.10. The maximum atomic E-state index is 14.5. The molecule has 4 atom stereocenters. The van der Waals surface area contributed by atoms with Gasteiger partial charge in [-0.25, -0.2) is 4.39 Å². The summed E-state index contributed by atoms with van der Waals surface area (Å²) in [6.07, 6.45) is -4.65. The quantitative estimate of drug-likeness (QED) is 0.171. The van der Waals surface area contributed by atoms with Gasteiger partial charge in [0.05, 0.1) is 24.6 Å². The van der Waals surface area contributed by atoms with E-state index in [1.54, 1.807) is 0 Å². The lowest BCUT2D eigenvalue weighted by molar-refractivity contribution is -0.273. The van der Waals surface area contributed by atoms with E-state index in [0.29, 0.717) is 0 Å². The normalized spacial score (nSPS) is 24.9. The van der Waals surface area contributed by atoms with E-state index in [4.69, 9.17) is 20.4 Å². The number of oxime groups is 1. The fourth-order valence-corrected chi connectivity index (χ4v) is 4.34. The number of ether oxygens (including phenoxy) is 2. The zero-order valence-electron chi connectivity index (χ0n) is 19.0. The van der Waals surface area contributed by atoms with E-state index in [1.165, 1.54) is 25.3 Å². The lowest BCUT2D eigenvalue weighted by Crippen LogP contribution is -2.47. The molecule has 0 saturated carbocycles. The smallest absolute Gasteiger partial charge is 0.417 e. The van der Waals surface area contributed by atoms with Crippen LogP contribution in [0, 0.1) is 17.6 Å². The van der Waals surface area contributed by atoms with Gasteiger partial charge in [-0.1, -0.05) is 18.1 Å². The maximum absolute atomic E-state index is 14.5. The maximum Gasteiger partial charge on any atom is 0.417 e. The van der Waals surface area contributed by atoms with Crippen molar-refractivity contribution in [2.75, 3.05) is 19.0 Å². The standard InChI is InChI=1S/C22H24F5N5O3/c1-10-15(11-5-6-12(23)16(24)19(11)34-4)14(35-21(10,2)22(25,26)27)9-31-17-13(29-3)7-8-30-18(17)20(28)32-33/h5-8,10,14-15,31,33H,3,9H2,1-2,4H3,(H2,28,32)/t10?,14-,15?,21+/m0/s1. The van der Waals surface area contributed by atoms with Crippen LogP contribution in [-0.4, -0.2) is 54.3 Å². The van der Waals surface area contributed by atoms with Crippen molar-refractivity contribution in [3.05, 3.63) is 47.3 Å². The second-order valence-corrected chi connectivity index (χ2v) is 8.14. The Balaban J connectivity index is 2.09. The van der Waals surface area contributed by atoms with Gasteiger partial charge in [-0.3, -0.25) is 9.98 Å². The molecule has 1 saturated heterocycles. The molecule has 190 valence electrons. The summed E-state index contributed by atoms with van der Waals surface area (Å²) in [5.74, 6) is -5.69. The molecular formula is C22H24F5N5O3. The highest BCUT2D eigenvalue weighted by molar-refractivity contribution is 6.02. The lowest BCUT2D eigenvalue weighted by Gasteiger charge is -2.32. The van der Waals surface area contributed by atoms with Crippen molar-refractivity contribution in [2.24, 2.45) is 21.8 Å². The SMILES string of the molecule is C=Nc1ccnc(/C(N)=N\O)c1NC[C@@H]1O[C@@](C)(C(F)(F)F)C(C)C1c1ccc(F)c(F)c1OC. The molecular weight excluding hydrogens is 477 g/mol. The van der Waals surface area contributed by atoms with Gasteiger partial charge >= 0.3 is 6.18 Å². The molecule has 35 heavy (non-hydrogen) atoms. The molecule has 1 aromatic carbocycles. The number of alkyl halides is 3. The van der Waals surface area contributed by atoms with Crippen molar-refractivity contribution in [3.8, 4) is 5.75 Å². The molecule has 3 rings (SSSR count). The Morgan fingerprint density at radius 1 is 1.34 bits per heavy atom. The van der Waals surface area contributed by atoms with Crippen LogP contribution in [-0.2, 0) is 4.74 Å². The predicted octanol–water partition coefficient (Wildman–Crippen LogP) is 4.35. The Morgan fingerprint density at radius 3 is 2.60 bits per heavy atom. The average molecular weight is 501 g/mol. The number of aromatic nitrogens is 1. The Morgan fingerprint density at radius 2 is 2.03 bits per heavy atom. The van der Waals surface area contributed by atoms with Crippen molar-refractivity contribution in [2.45, 2.75) is 37.6 Å². The van der Waals surface area contributed by atoms with Crippen LogP contribution in [0.1, 0.15) is 31.0 Å². The van der Waals surface area contributed by atoms with E-state index in [9.17, 15) is 22.0 Å². The number of aliphatic imine (C=N–C) groups is 1. The number of pyridine rings is 1. The van der Waals surface area contributed by atoms with E-state index in [1.807, 2.05) is 0 Å². The fraction of sp³-hybridized carbons (Fsp3) is 0.409. The third-order valence-electron chi connectivity index (χ3n) is 6.34. The van der Waals surface area contributed by atoms with Crippen molar-refractivity contribution < 1.29 is 36.6 Å². The monoisotopic (exact) mass is 501 g/mol. The molecule has 2 aromatic rings. The van der Waals surface area contributed by atoms with Crippen molar-refractivity contribution in [1.82, 2.24) is 4.98 Å². The van der Waals surface area contributed by atoms with Gasteiger partial charge in [-0.05, 0) is 25.8 Å². The topological polar surface area (TPSA) is 114 Å². The van der Waals surface area contributed by atoms with Gasteiger partial charge in [0.1, 0.15) is 5.69 Å². The molecule has 2 unspecified atom stereocenters. The first-order valence-corrected chi connectivity index (χ1v) is 10.3. The summed E-state index contributed by atoms with van der Waals surface area (Å²) in [6, 6.07) is 3.46. The van der Waals surface area contributed by atoms with Crippen LogP contribution in [0.2, 0.25) is 0 Å². The highest BCUT2D eigenvalue weighted by atomic mass is 19.4. The predicted molar refractivity (Wildman–Crippen MR) is 119 cm³/mol. The summed E-state index contributed by atoms with van der Waals surface area (Å²) in [5.41, 5.74) is 3.42. The summed E-state index contributed by atoms with van der Waals surface area (Å²) in [6.45, 7) is 5.40. The highest BCUT2D eigenvalue weighted by Crippen LogP contribution is 2.54. The average Bonchev–Trinajstić information content (AvgIpc) is 3.09. The molecule has 1 aliphatic heterocycles. The van der Waals surface area contributed by atoms with Gasteiger partial charge in [-0.15, -0.1) is 0 Å². The van der Waals surface area contributed by atoms with Gasteiger partial charge in [0.15, 0.2) is 23.0 Å². The first kappa shape index (κ1) is 26.1. The number of halogens is 5. The summed E-state index contributed by atoms with van der Waals surface area (Å²) in [5, 5.41) is 14.9. The third kappa shape index (κ3) is 4.47. The molecule has 1 aromatic heterocycles. The van der Waals surface area contributed by atoms with Crippen LogP contribution >= 0.6 is 0 Å². The van der Waals surface area contributed by atoms with Crippen molar-refractivity contribution >= 4 is 23.9 Å². The molecule has 1 fully saturated rings. The molecule has 0 aliphatic carbocycles. The summed E-state index contributed by atoms with van der Waals surface area (Å²) < 4.78 is 81.1. The minimum absolute atomic E-state index is 0.0172. The van der Waals surface area contributed by atoms with Gasteiger partial charge in [0, 0.05) is 30.1 Å². The number of nitrogens with one attached hydrogen (secondary N) is 1. The number of hydrogen-bond donors (Lipinski definition) is 3. The van der Waals surface area contributed by atoms with Crippen LogP contribution in [0.25, 0.3) is 0 Å². The molecule has 4 N–H and O–H groups in total. The zero-order chi connectivity index (χ0) is 26.1. The van der Waals surface area contributed by atoms with Crippen LogP contribution in [0.5, 0.6) is 5.75 Å². The molecule has 8 nitrogen and oxygen atoms in total. The van der Waals surface area contributed by atoms with Gasteiger partial charge in [0.2, 0.25) is 5.82 Å². The molecule has 0 bridgehead atoms. The Kier molecular flexibility index (Phi) is 7.20. The molecule has 13 heteroatoms. The summed E-state index contributed by atoms with van der Waals surface area (Å²) in [4.78, 5) is 7.84. The number of hydrogen-bond acceptors (Lipinski definition) is 7. The summed E-state index contributed by atoms with van der Waals surface area (Å²) >= 11 is 0. The number of rotatable bonds is 7. The van der Waals surface area contributed by atoms with Crippen LogP contribution < -0.4 is 15.8 Å². The second kappa shape index (κ2) is 9.64. The van der Waals surface area contributed by atoms with E-state index < -0.39 is 47.1 Å². The minimum Gasteiger partial charge on any atom is -0.493 e. The first-order valence-electron chi connectivity index (χ1n) is 10.3. The van der Waals surface area contributed by atoms with Crippen molar-refractivity contribution in [1.29, 1.82) is 0 Å². The van der Waals surface area contributed by atoms with Crippen LogP contribution in [0.15, 0.2) is 34.5 Å². The molecule has 0 spiro atoms. The number of amidine groups is 1. The number of nitrogens with zero attached hydrogens (tertiary/aromatic N) is 3. The lowest BCUT2D eigenvalue weighted by atomic mass is 9.77. The first-order chi connectivity index (χ1) is 16.4. The van der Waals surface area contributed by atoms with Crippen LogP contribution in [0.3, 0.4) is 0 Å².